The highest BCUT2D eigenvalue weighted by atomic mass is 127. The normalized spacial score (nSPS) is 11.0. The van der Waals surface area contributed by atoms with E-state index in [2.05, 4.69) is 27.9 Å². The topological polar surface area (TPSA) is 72.5 Å². The molecule has 0 aliphatic rings. The first-order valence-electron chi connectivity index (χ1n) is 6.92. The molecule has 5 nitrogen and oxygen atoms in total. The van der Waals surface area contributed by atoms with Crippen LogP contribution in [0.25, 0.3) is 0 Å². The molecule has 0 spiro atoms. The van der Waals surface area contributed by atoms with E-state index in [0.717, 1.165) is 3.57 Å². The Morgan fingerprint density at radius 1 is 1.13 bits per heavy atom. The van der Waals surface area contributed by atoms with E-state index in [1.54, 1.807) is 37.3 Å². The first-order chi connectivity index (χ1) is 10.9. The molecule has 0 atom stereocenters. The molecule has 0 aliphatic carbocycles. The van der Waals surface area contributed by atoms with Crippen LogP contribution in [0.2, 0.25) is 0 Å². The maximum atomic E-state index is 12.0. The van der Waals surface area contributed by atoms with Crippen LogP contribution >= 0.6 is 22.6 Å². The van der Waals surface area contributed by atoms with E-state index >= 15 is 0 Å². The lowest BCUT2D eigenvalue weighted by Crippen LogP contribution is -2.21. The first kappa shape index (κ1) is 17.7. The largest absolute Gasteiger partial charge is 0.484 e. The van der Waals surface area contributed by atoms with E-state index < -0.39 is 15.7 Å². The maximum absolute atomic E-state index is 12.0. The Hall–Kier alpha value is -1.61. The second kappa shape index (κ2) is 7.78. The predicted octanol–water partition coefficient (Wildman–Crippen LogP) is 3.10. The number of rotatable bonds is 6. The molecule has 0 saturated heterocycles. The summed E-state index contributed by atoms with van der Waals surface area (Å²) in [5, 5.41) is 2.59. The van der Waals surface area contributed by atoms with Crippen LogP contribution in [0.5, 0.6) is 5.75 Å². The van der Waals surface area contributed by atoms with Gasteiger partial charge in [0.15, 0.2) is 16.4 Å². The number of benzene rings is 2. The van der Waals surface area contributed by atoms with Crippen molar-refractivity contribution in [2.45, 2.75) is 11.8 Å². The molecule has 0 heterocycles. The van der Waals surface area contributed by atoms with Crippen LogP contribution in [0.15, 0.2) is 53.4 Å². The van der Waals surface area contributed by atoms with Crippen molar-refractivity contribution in [1.29, 1.82) is 0 Å². The van der Waals surface area contributed by atoms with Crippen LogP contribution in [0.1, 0.15) is 6.92 Å². The van der Waals surface area contributed by atoms with Gasteiger partial charge >= 0.3 is 0 Å². The van der Waals surface area contributed by atoms with E-state index in [1.807, 2.05) is 12.1 Å². The van der Waals surface area contributed by atoms with Gasteiger partial charge in [-0.15, -0.1) is 0 Å². The van der Waals surface area contributed by atoms with Crippen molar-refractivity contribution in [3.63, 3.8) is 0 Å². The van der Waals surface area contributed by atoms with Crippen molar-refractivity contribution >= 4 is 44.0 Å². The number of halogens is 1. The van der Waals surface area contributed by atoms with Crippen LogP contribution in [0, 0.1) is 3.57 Å². The third-order valence-corrected chi connectivity index (χ3v) is 5.57. The van der Waals surface area contributed by atoms with Crippen LogP contribution in [0.3, 0.4) is 0 Å². The number of hydrogen-bond donors (Lipinski definition) is 1. The van der Waals surface area contributed by atoms with Crippen molar-refractivity contribution in [1.82, 2.24) is 0 Å². The van der Waals surface area contributed by atoms with E-state index in [4.69, 9.17) is 4.74 Å². The van der Waals surface area contributed by atoms with E-state index in [0.29, 0.717) is 5.75 Å². The number of anilines is 1. The van der Waals surface area contributed by atoms with Gasteiger partial charge in [-0.05, 0) is 59.0 Å². The minimum atomic E-state index is -3.40. The summed E-state index contributed by atoms with van der Waals surface area (Å²) >= 11 is 2.18. The van der Waals surface area contributed by atoms with Gasteiger partial charge in [0, 0.05) is 3.57 Å². The maximum Gasteiger partial charge on any atom is 0.262 e. The molecule has 0 aromatic heterocycles. The van der Waals surface area contributed by atoms with Gasteiger partial charge in [0.05, 0.1) is 16.3 Å². The van der Waals surface area contributed by atoms with Crippen molar-refractivity contribution < 1.29 is 17.9 Å². The van der Waals surface area contributed by atoms with Crippen LogP contribution < -0.4 is 10.1 Å². The number of ether oxygens (including phenoxy) is 1. The molecule has 7 heteroatoms. The van der Waals surface area contributed by atoms with Crippen molar-refractivity contribution in [3.05, 3.63) is 52.1 Å². The molecule has 1 N–H and O–H groups in total. The number of nitrogens with one attached hydrogen (secondary N) is 1. The monoisotopic (exact) mass is 445 g/mol. The summed E-state index contributed by atoms with van der Waals surface area (Å²) in [7, 11) is -3.40. The Labute approximate surface area is 149 Å². The van der Waals surface area contributed by atoms with E-state index in [1.165, 1.54) is 6.07 Å². The molecule has 122 valence electrons. The third kappa shape index (κ3) is 4.93. The third-order valence-electron chi connectivity index (χ3n) is 3.06. The number of para-hydroxylation sites is 1. The molecule has 2 aromatic rings. The zero-order chi connectivity index (χ0) is 16.9. The summed E-state index contributed by atoms with van der Waals surface area (Å²) in [6, 6.07) is 13.6. The van der Waals surface area contributed by atoms with Gasteiger partial charge in [0.25, 0.3) is 5.91 Å². The molecular formula is C16H16INO4S. The number of carbonyl (C=O) groups excluding carboxylic acids is 1. The van der Waals surface area contributed by atoms with Crippen LogP contribution in [-0.2, 0) is 14.6 Å². The smallest absolute Gasteiger partial charge is 0.262 e. The Bertz CT molecular complexity index is 788. The Morgan fingerprint density at radius 3 is 2.43 bits per heavy atom. The number of carbonyl (C=O) groups is 1. The van der Waals surface area contributed by atoms with Crippen molar-refractivity contribution in [2.75, 3.05) is 17.7 Å². The predicted molar refractivity (Wildman–Crippen MR) is 97.5 cm³/mol. The zero-order valence-electron chi connectivity index (χ0n) is 12.5. The van der Waals surface area contributed by atoms with Gasteiger partial charge < -0.3 is 10.1 Å². The fraction of sp³-hybridized carbons (Fsp3) is 0.188. The highest BCUT2D eigenvalue weighted by Crippen LogP contribution is 2.22. The molecule has 23 heavy (non-hydrogen) atoms. The van der Waals surface area contributed by atoms with Crippen molar-refractivity contribution in [2.24, 2.45) is 0 Å². The average Bonchev–Trinajstić information content (AvgIpc) is 2.55. The summed E-state index contributed by atoms with van der Waals surface area (Å²) < 4.78 is 30.5. The molecule has 2 aromatic carbocycles. The van der Waals surface area contributed by atoms with Gasteiger partial charge in [0.1, 0.15) is 5.75 Å². The van der Waals surface area contributed by atoms with Gasteiger partial charge in [-0.3, -0.25) is 4.79 Å². The molecule has 0 aliphatic heterocycles. The van der Waals surface area contributed by atoms with Crippen LogP contribution in [0.4, 0.5) is 5.69 Å². The molecular weight excluding hydrogens is 429 g/mol. The molecule has 0 bridgehead atoms. The Balaban J connectivity index is 2.05. The number of hydrogen-bond acceptors (Lipinski definition) is 4. The minimum Gasteiger partial charge on any atom is -0.484 e. The second-order valence-corrected chi connectivity index (χ2v) is 8.18. The summed E-state index contributed by atoms with van der Waals surface area (Å²) in [5.74, 6) is 0.135. The van der Waals surface area contributed by atoms with Gasteiger partial charge in [-0.2, -0.15) is 0 Å². The lowest BCUT2D eigenvalue weighted by atomic mass is 10.3. The number of amides is 1. The molecule has 1 amide bonds. The quantitative estimate of drug-likeness (QED) is 0.694. The first-order valence-corrected chi connectivity index (χ1v) is 9.65. The standard InChI is InChI=1S/C16H16INO4S/c1-2-23(20,21)15-6-4-3-5-14(15)18-16(19)11-22-13-9-7-12(17)8-10-13/h3-10H,2,11H2,1H3,(H,18,19). The lowest BCUT2D eigenvalue weighted by molar-refractivity contribution is -0.118. The fourth-order valence-corrected chi connectivity index (χ4v) is 3.27. The van der Waals surface area contributed by atoms with E-state index in [-0.39, 0.29) is 22.9 Å². The molecule has 0 radical (unpaired) electrons. The summed E-state index contributed by atoms with van der Waals surface area (Å²) in [6.07, 6.45) is 0. The van der Waals surface area contributed by atoms with Gasteiger partial charge in [-0.25, -0.2) is 8.42 Å². The summed E-state index contributed by atoms with van der Waals surface area (Å²) in [4.78, 5) is 12.1. The van der Waals surface area contributed by atoms with Gasteiger partial charge in [-0.1, -0.05) is 19.1 Å². The molecule has 0 unspecified atom stereocenters. The van der Waals surface area contributed by atoms with E-state index in [9.17, 15) is 13.2 Å². The fourth-order valence-electron chi connectivity index (χ4n) is 1.86. The minimum absolute atomic E-state index is 0.0287. The second-order valence-electron chi connectivity index (χ2n) is 4.69. The summed E-state index contributed by atoms with van der Waals surface area (Å²) in [5.41, 5.74) is 0.269. The van der Waals surface area contributed by atoms with Gasteiger partial charge in [0.2, 0.25) is 0 Å². The molecule has 2 rings (SSSR count). The van der Waals surface area contributed by atoms with Crippen molar-refractivity contribution in [3.8, 4) is 5.75 Å². The highest BCUT2D eigenvalue weighted by Gasteiger charge is 2.17. The average molecular weight is 445 g/mol. The number of sulfone groups is 1. The highest BCUT2D eigenvalue weighted by molar-refractivity contribution is 14.1. The Morgan fingerprint density at radius 2 is 1.78 bits per heavy atom. The molecule has 0 saturated carbocycles. The molecule has 0 fully saturated rings. The lowest BCUT2D eigenvalue weighted by Gasteiger charge is -2.11. The van der Waals surface area contributed by atoms with Crippen LogP contribution in [-0.4, -0.2) is 26.7 Å². The SMILES string of the molecule is CCS(=O)(=O)c1ccccc1NC(=O)COc1ccc(I)cc1. The zero-order valence-corrected chi connectivity index (χ0v) is 15.4. The summed E-state index contributed by atoms with van der Waals surface area (Å²) in [6.45, 7) is 1.37. The Kier molecular flexibility index (Phi) is 6.00.